The first kappa shape index (κ1) is 24.5. The van der Waals surface area contributed by atoms with Crippen LogP contribution in [0.2, 0.25) is 0 Å². The molecule has 3 fully saturated rings. The maximum Gasteiger partial charge on any atom is 0.251 e. The third-order valence-electron chi connectivity index (χ3n) is 7.32. The second kappa shape index (κ2) is 10.8. The number of carbonyl (C=O) groups is 3. The van der Waals surface area contributed by atoms with E-state index in [1.807, 2.05) is 30.9 Å². The first-order chi connectivity index (χ1) is 16.4. The highest BCUT2D eigenvalue weighted by atomic mass is 16.3. The highest BCUT2D eigenvalue weighted by molar-refractivity contribution is 5.98. The van der Waals surface area contributed by atoms with Gasteiger partial charge in [-0.2, -0.15) is 0 Å². The molecule has 2 unspecified atom stereocenters. The monoisotopic (exact) mass is 470 g/mol. The van der Waals surface area contributed by atoms with Gasteiger partial charge in [0.15, 0.2) is 0 Å². The fourth-order valence-electron chi connectivity index (χ4n) is 4.95. The molecule has 8 nitrogen and oxygen atoms in total. The molecule has 0 spiro atoms. The van der Waals surface area contributed by atoms with E-state index in [9.17, 15) is 19.5 Å². The molecule has 2 N–H and O–H groups in total. The predicted octanol–water partition coefficient (Wildman–Crippen LogP) is 1.73. The van der Waals surface area contributed by atoms with Gasteiger partial charge in [0.2, 0.25) is 11.8 Å². The second-order valence-corrected chi connectivity index (χ2v) is 10.3. The lowest BCUT2D eigenvalue weighted by Crippen LogP contribution is -2.53. The van der Waals surface area contributed by atoms with Crippen LogP contribution in [0, 0.1) is 17.8 Å². The first-order valence-electron chi connectivity index (χ1n) is 12.7. The highest BCUT2D eigenvalue weighted by Gasteiger charge is 2.35. The summed E-state index contributed by atoms with van der Waals surface area (Å²) in [6.07, 6.45) is 3.87. The van der Waals surface area contributed by atoms with Crippen LogP contribution in [-0.2, 0) is 9.59 Å². The Morgan fingerprint density at radius 3 is 2.24 bits per heavy atom. The third-order valence-corrected chi connectivity index (χ3v) is 7.32. The van der Waals surface area contributed by atoms with Gasteiger partial charge in [0, 0.05) is 63.0 Å². The number of rotatable bonds is 7. The van der Waals surface area contributed by atoms with Crippen LogP contribution in [0.15, 0.2) is 24.3 Å². The van der Waals surface area contributed by atoms with E-state index in [2.05, 4.69) is 10.2 Å². The van der Waals surface area contributed by atoms with Crippen LogP contribution < -0.4 is 10.2 Å². The molecule has 2 atom stereocenters. The van der Waals surface area contributed by atoms with Gasteiger partial charge < -0.3 is 25.1 Å². The van der Waals surface area contributed by atoms with Gasteiger partial charge >= 0.3 is 0 Å². The molecule has 1 aromatic carbocycles. The Labute approximate surface area is 202 Å². The van der Waals surface area contributed by atoms with Gasteiger partial charge in [-0.05, 0) is 61.8 Å². The number of benzene rings is 1. The molecule has 34 heavy (non-hydrogen) atoms. The number of nitrogens with one attached hydrogen (secondary N) is 1. The molecule has 0 aromatic heterocycles. The van der Waals surface area contributed by atoms with Crippen molar-refractivity contribution in [2.24, 2.45) is 17.8 Å². The molecule has 1 aliphatic carbocycles. The van der Waals surface area contributed by atoms with Crippen molar-refractivity contribution >= 4 is 23.4 Å². The number of amides is 3. The maximum atomic E-state index is 13.1. The summed E-state index contributed by atoms with van der Waals surface area (Å²) in [5.41, 5.74) is 1.56. The molecule has 2 aliphatic heterocycles. The summed E-state index contributed by atoms with van der Waals surface area (Å²) in [6, 6.07) is 6.89. The zero-order valence-corrected chi connectivity index (χ0v) is 20.4. The number of likely N-dealkylation sites (tertiary alicyclic amines) is 1. The zero-order chi connectivity index (χ0) is 24.2. The molecule has 4 rings (SSSR count). The lowest BCUT2D eigenvalue weighted by molar-refractivity contribution is -0.136. The average Bonchev–Trinajstić information content (AvgIpc) is 3.72. The Balaban J connectivity index is 1.33. The van der Waals surface area contributed by atoms with E-state index in [1.165, 1.54) is 0 Å². The lowest BCUT2D eigenvalue weighted by Gasteiger charge is -2.36. The van der Waals surface area contributed by atoms with Gasteiger partial charge in [0.1, 0.15) is 6.04 Å². The van der Waals surface area contributed by atoms with Gasteiger partial charge in [0.05, 0.1) is 0 Å². The van der Waals surface area contributed by atoms with Crippen molar-refractivity contribution in [2.75, 3.05) is 50.8 Å². The number of anilines is 1. The zero-order valence-electron chi connectivity index (χ0n) is 20.4. The molecular weight excluding hydrogens is 432 g/mol. The van der Waals surface area contributed by atoms with Crippen LogP contribution in [0.3, 0.4) is 0 Å². The van der Waals surface area contributed by atoms with Crippen LogP contribution in [0.1, 0.15) is 49.9 Å². The Hall–Kier alpha value is -2.61. The number of hydrogen-bond acceptors (Lipinski definition) is 5. The SMILES string of the molecule is CC(C)C(NC(=O)c1ccc(N2CCN(C(=O)C3CC3)CC2)cc1)C(=O)N1CCCC(CO)C1. The molecule has 0 bridgehead atoms. The molecule has 1 aromatic rings. The molecule has 3 aliphatic rings. The van der Waals surface area contributed by atoms with Gasteiger partial charge in [0.25, 0.3) is 5.91 Å². The van der Waals surface area contributed by atoms with E-state index in [1.54, 1.807) is 17.0 Å². The molecule has 186 valence electrons. The van der Waals surface area contributed by atoms with Crippen LogP contribution in [0.5, 0.6) is 0 Å². The van der Waals surface area contributed by atoms with Gasteiger partial charge in [-0.15, -0.1) is 0 Å². The summed E-state index contributed by atoms with van der Waals surface area (Å²) in [5.74, 6) is 0.308. The van der Waals surface area contributed by atoms with Gasteiger partial charge in [-0.25, -0.2) is 0 Å². The van der Waals surface area contributed by atoms with Crippen LogP contribution >= 0.6 is 0 Å². The third kappa shape index (κ3) is 5.71. The summed E-state index contributed by atoms with van der Waals surface area (Å²) < 4.78 is 0. The minimum Gasteiger partial charge on any atom is -0.396 e. The lowest BCUT2D eigenvalue weighted by atomic mass is 9.96. The topological polar surface area (TPSA) is 93.2 Å². The summed E-state index contributed by atoms with van der Waals surface area (Å²) in [4.78, 5) is 44.4. The van der Waals surface area contributed by atoms with E-state index in [0.29, 0.717) is 24.6 Å². The summed E-state index contributed by atoms with van der Waals surface area (Å²) >= 11 is 0. The minimum absolute atomic E-state index is 0.0418. The quantitative estimate of drug-likeness (QED) is 0.633. The molecule has 2 saturated heterocycles. The van der Waals surface area contributed by atoms with E-state index in [4.69, 9.17) is 0 Å². The van der Waals surface area contributed by atoms with Gasteiger partial charge in [-0.1, -0.05) is 13.8 Å². The molecule has 1 saturated carbocycles. The first-order valence-corrected chi connectivity index (χ1v) is 12.7. The van der Waals surface area contributed by atoms with Crippen LogP contribution in [0.25, 0.3) is 0 Å². The average molecular weight is 471 g/mol. The van der Waals surface area contributed by atoms with Crippen molar-refractivity contribution in [3.05, 3.63) is 29.8 Å². The Bertz CT molecular complexity index is 875. The van der Waals surface area contributed by atoms with Crippen LogP contribution in [-0.4, -0.2) is 84.5 Å². The number of aliphatic hydroxyl groups is 1. The highest BCUT2D eigenvalue weighted by Crippen LogP contribution is 2.31. The summed E-state index contributed by atoms with van der Waals surface area (Å²) in [7, 11) is 0. The van der Waals surface area contributed by atoms with E-state index >= 15 is 0 Å². The van der Waals surface area contributed by atoms with Crippen molar-refractivity contribution in [3.8, 4) is 0 Å². The van der Waals surface area contributed by atoms with Crippen molar-refractivity contribution in [1.29, 1.82) is 0 Å². The molecule has 0 radical (unpaired) electrons. The number of carbonyl (C=O) groups excluding carboxylic acids is 3. The fourth-order valence-corrected chi connectivity index (χ4v) is 4.95. The fraction of sp³-hybridized carbons (Fsp3) is 0.654. The number of nitrogens with zero attached hydrogens (tertiary/aromatic N) is 3. The predicted molar refractivity (Wildman–Crippen MR) is 130 cm³/mol. The van der Waals surface area contributed by atoms with E-state index in [-0.39, 0.29) is 36.2 Å². The van der Waals surface area contributed by atoms with Crippen molar-refractivity contribution < 1.29 is 19.5 Å². The molecule has 8 heteroatoms. The standard InChI is InChI=1S/C26H38N4O4/c1-18(2)23(26(34)30-11-3-4-19(16-30)17-31)27-24(32)20-7-9-22(10-8-20)28-12-14-29(15-13-28)25(33)21-5-6-21/h7-10,18-19,21,23,31H,3-6,11-17H2,1-2H3,(H,27,32). The number of aliphatic hydroxyl groups excluding tert-OH is 1. The van der Waals surface area contributed by atoms with Crippen molar-refractivity contribution in [2.45, 2.75) is 45.6 Å². The Morgan fingerprint density at radius 1 is 0.971 bits per heavy atom. The normalized spacial score (nSPS) is 22.0. The Kier molecular flexibility index (Phi) is 7.76. The van der Waals surface area contributed by atoms with Crippen LogP contribution in [0.4, 0.5) is 5.69 Å². The number of hydrogen-bond donors (Lipinski definition) is 2. The number of piperazine rings is 1. The summed E-state index contributed by atoms with van der Waals surface area (Å²) in [6.45, 7) is 8.23. The molecular formula is C26H38N4O4. The van der Waals surface area contributed by atoms with E-state index in [0.717, 1.165) is 57.5 Å². The number of piperidine rings is 1. The second-order valence-electron chi connectivity index (χ2n) is 10.3. The minimum atomic E-state index is -0.596. The maximum absolute atomic E-state index is 13.1. The van der Waals surface area contributed by atoms with Crippen molar-refractivity contribution in [1.82, 2.24) is 15.1 Å². The molecule has 3 amide bonds. The van der Waals surface area contributed by atoms with E-state index < -0.39 is 6.04 Å². The van der Waals surface area contributed by atoms with Crippen molar-refractivity contribution in [3.63, 3.8) is 0 Å². The summed E-state index contributed by atoms with van der Waals surface area (Å²) in [5, 5.41) is 12.4. The van der Waals surface area contributed by atoms with Gasteiger partial charge in [-0.3, -0.25) is 14.4 Å². The largest absolute Gasteiger partial charge is 0.396 e. The smallest absolute Gasteiger partial charge is 0.251 e. The molecule has 2 heterocycles. The Morgan fingerprint density at radius 2 is 1.65 bits per heavy atom.